The molecular weight excluding hydrogens is 300 g/mol. The molecular formula is C13H7F6NO. The third kappa shape index (κ3) is 2.93. The van der Waals surface area contributed by atoms with Gasteiger partial charge < -0.3 is 5.11 Å². The second-order valence-corrected chi connectivity index (χ2v) is 4.11. The lowest BCUT2D eigenvalue weighted by Crippen LogP contribution is -2.17. The second-order valence-electron chi connectivity index (χ2n) is 4.11. The monoisotopic (exact) mass is 307 g/mol. The molecule has 0 aliphatic heterocycles. The lowest BCUT2D eigenvalue weighted by Gasteiger charge is -2.18. The summed E-state index contributed by atoms with van der Waals surface area (Å²) >= 11 is 0. The fourth-order valence-corrected chi connectivity index (χ4v) is 1.81. The van der Waals surface area contributed by atoms with Crippen LogP contribution < -0.4 is 0 Å². The van der Waals surface area contributed by atoms with E-state index in [4.69, 9.17) is 0 Å². The minimum atomic E-state index is -5.36. The topological polar surface area (TPSA) is 33.1 Å². The van der Waals surface area contributed by atoms with Crippen molar-refractivity contribution in [3.8, 4) is 17.0 Å². The van der Waals surface area contributed by atoms with Crippen LogP contribution in [0, 0.1) is 0 Å². The number of aromatic hydroxyl groups is 1. The maximum atomic E-state index is 12.8. The van der Waals surface area contributed by atoms with Crippen LogP contribution in [0.25, 0.3) is 11.3 Å². The molecule has 112 valence electrons. The third-order valence-electron chi connectivity index (χ3n) is 2.69. The summed E-state index contributed by atoms with van der Waals surface area (Å²) in [6.07, 6.45) is -10.6. The van der Waals surface area contributed by atoms with Crippen LogP contribution in [-0.4, -0.2) is 10.1 Å². The van der Waals surface area contributed by atoms with Crippen molar-refractivity contribution in [2.75, 3.05) is 0 Å². The van der Waals surface area contributed by atoms with E-state index in [1.165, 1.54) is 24.3 Å². The number of pyridine rings is 1. The number of aromatic nitrogens is 1. The molecule has 1 aromatic carbocycles. The molecule has 0 bridgehead atoms. The fourth-order valence-electron chi connectivity index (χ4n) is 1.81. The highest BCUT2D eigenvalue weighted by Crippen LogP contribution is 2.46. The maximum Gasteiger partial charge on any atom is 0.420 e. The van der Waals surface area contributed by atoms with Crippen LogP contribution in [0.5, 0.6) is 5.75 Å². The predicted octanol–water partition coefficient (Wildman–Crippen LogP) is 4.49. The zero-order chi connectivity index (χ0) is 15.8. The van der Waals surface area contributed by atoms with Crippen LogP contribution >= 0.6 is 0 Å². The van der Waals surface area contributed by atoms with E-state index in [0.717, 1.165) is 0 Å². The summed E-state index contributed by atoms with van der Waals surface area (Å²) in [7, 11) is 0. The van der Waals surface area contributed by atoms with Gasteiger partial charge in [0.1, 0.15) is 11.3 Å². The highest BCUT2D eigenvalue weighted by molar-refractivity contribution is 5.69. The normalized spacial score (nSPS) is 12.5. The first-order chi connectivity index (χ1) is 9.62. The van der Waals surface area contributed by atoms with Gasteiger partial charge in [0.25, 0.3) is 0 Å². The van der Waals surface area contributed by atoms with Crippen molar-refractivity contribution in [1.82, 2.24) is 4.98 Å². The van der Waals surface area contributed by atoms with Gasteiger partial charge in [0, 0.05) is 11.8 Å². The standard InChI is InChI=1S/C13H7F6NO/c14-12(15,16)8-6-20-10(7-4-2-1-3-5-7)11(21)9(8)13(17,18)19/h1-6,21H. The van der Waals surface area contributed by atoms with Gasteiger partial charge in [-0.05, 0) is 0 Å². The Balaban J connectivity index is 2.75. The summed E-state index contributed by atoms with van der Waals surface area (Å²) in [4.78, 5) is 3.32. The molecule has 0 radical (unpaired) electrons. The molecule has 2 nitrogen and oxygen atoms in total. The molecule has 8 heteroatoms. The minimum Gasteiger partial charge on any atom is -0.505 e. The molecule has 0 fully saturated rings. The molecule has 0 atom stereocenters. The molecule has 0 aliphatic rings. The van der Waals surface area contributed by atoms with Gasteiger partial charge in [-0.25, -0.2) is 0 Å². The molecule has 1 aromatic heterocycles. The molecule has 2 rings (SSSR count). The van der Waals surface area contributed by atoms with Gasteiger partial charge >= 0.3 is 12.4 Å². The van der Waals surface area contributed by atoms with Gasteiger partial charge in [-0.2, -0.15) is 26.3 Å². The van der Waals surface area contributed by atoms with E-state index in [2.05, 4.69) is 4.98 Å². The Labute approximate surface area is 114 Å². The highest BCUT2D eigenvalue weighted by Gasteiger charge is 2.46. The highest BCUT2D eigenvalue weighted by atomic mass is 19.4. The van der Waals surface area contributed by atoms with E-state index in [-0.39, 0.29) is 11.8 Å². The molecule has 2 aromatic rings. The van der Waals surface area contributed by atoms with E-state index in [0.29, 0.717) is 0 Å². The molecule has 0 aliphatic carbocycles. The first kappa shape index (κ1) is 15.1. The van der Waals surface area contributed by atoms with Gasteiger partial charge in [0.15, 0.2) is 5.75 Å². The Hall–Kier alpha value is -2.25. The zero-order valence-corrected chi connectivity index (χ0v) is 10.1. The molecule has 0 saturated carbocycles. The van der Waals surface area contributed by atoms with Crippen LogP contribution in [0.1, 0.15) is 11.1 Å². The van der Waals surface area contributed by atoms with E-state index in [1.807, 2.05) is 0 Å². The smallest absolute Gasteiger partial charge is 0.420 e. The summed E-state index contributed by atoms with van der Waals surface area (Å²) in [6.45, 7) is 0. The maximum absolute atomic E-state index is 12.8. The van der Waals surface area contributed by atoms with Crippen LogP contribution in [-0.2, 0) is 12.4 Å². The molecule has 0 amide bonds. The second kappa shape index (κ2) is 4.94. The summed E-state index contributed by atoms with van der Waals surface area (Å²) < 4.78 is 76.5. The molecule has 21 heavy (non-hydrogen) atoms. The Morgan fingerprint density at radius 3 is 1.90 bits per heavy atom. The van der Waals surface area contributed by atoms with E-state index in [1.54, 1.807) is 6.07 Å². The van der Waals surface area contributed by atoms with Crippen LogP contribution in [0.4, 0.5) is 26.3 Å². The van der Waals surface area contributed by atoms with Gasteiger partial charge in [-0.3, -0.25) is 4.98 Å². The third-order valence-corrected chi connectivity index (χ3v) is 2.69. The molecule has 0 unspecified atom stereocenters. The zero-order valence-electron chi connectivity index (χ0n) is 10.1. The van der Waals surface area contributed by atoms with Crippen molar-refractivity contribution in [3.05, 3.63) is 47.7 Å². The quantitative estimate of drug-likeness (QED) is 0.787. The largest absolute Gasteiger partial charge is 0.505 e. The summed E-state index contributed by atoms with van der Waals surface area (Å²) in [5, 5.41) is 9.64. The Morgan fingerprint density at radius 1 is 0.857 bits per heavy atom. The van der Waals surface area contributed by atoms with Crippen molar-refractivity contribution in [2.24, 2.45) is 0 Å². The van der Waals surface area contributed by atoms with E-state index in [9.17, 15) is 31.4 Å². The average Bonchev–Trinajstić information content (AvgIpc) is 2.36. The number of benzene rings is 1. The Kier molecular flexibility index (Phi) is 3.56. The van der Waals surface area contributed by atoms with Crippen LogP contribution in [0.3, 0.4) is 0 Å². The number of hydrogen-bond donors (Lipinski definition) is 1. The van der Waals surface area contributed by atoms with E-state index >= 15 is 0 Å². The SMILES string of the molecule is Oc1c(-c2ccccc2)ncc(C(F)(F)F)c1C(F)(F)F. The Bertz CT molecular complexity index is 648. The number of alkyl halides is 6. The first-order valence-corrected chi connectivity index (χ1v) is 5.54. The number of rotatable bonds is 1. The Morgan fingerprint density at radius 2 is 1.43 bits per heavy atom. The van der Waals surface area contributed by atoms with Crippen LogP contribution in [0.2, 0.25) is 0 Å². The van der Waals surface area contributed by atoms with Crippen molar-refractivity contribution in [1.29, 1.82) is 0 Å². The van der Waals surface area contributed by atoms with Crippen molar-refractivity contribution in [3.63, 3.8) is 0 Å². The van der Waals surface area contributed by atoms with Gasteiger partial charge in [0.2, 0.25) is 0 Å². The minimum absolute atomic E-state index is 0.0743. The number of hydrogen-bond acceptors (Lipinski definition) is 2. The average molecular weight is 307 g/mol. The predicted molar refractivity (Wildman–Crippen MR) is 61.3 cm³/mol. The summed E-state index contributed by atoms with van der Waals surface area (Å²) in [6, 6.07) is 7.14. The lowest BCUT2D eigenvalue weighted by molar-refractivity contribution is -0.163. The summed E-state index contributed by atoms with van der Waals surface area (Å²) in [5.41, 5.74) is -4.64. The van der Waals surface area contributed by atoms with Gasteiger partial charge in [0.05, 0.1) is 5.56 Å². The first-order valence-electron chi connectivity index (χ1n) is 5.54. The molecule has 1 N–H and O–H groups in total. The fraction of sp³-hybridized carbons (Fsp3) is 0.154. The molecule has 0 spiro atoms. The van der Waals surface area contributed by atoms with Crippen molar-refractivity contribution >= 4 is 0 Å². The van der Waals surface area contributed by atoms with E-state index < -0.39 is 34.9 Å². The summed E-state index contributed by atoms with van der Waals surface area (Å²) in [5.74, 6) is -1.54. The van der Waals surface area contributed by atoms with Gasteiger partial charge in [-0.15, -0.1) is 0 Å². The number of nitrogens with zero attached hydrogens (tertiary/aromatic N) is 1. The van der Waals surface area contributed by atoms with Gasteiger partial charge in [-0.1, -0.05) is 30.3 Å². The molecule has 0 saturated heterocycles. The lowest BCUT2D eigenvalue weighted by atomic mass is 10.0. The van der Waals surface area contributed by atoms with Crippen molar-refractivity contribution < 1.29 is 31.4 Å². The van der Waals surface area contributed by atoms with Crippen LogP contribution in [0.15, 0.2) is 36.5 Å². The molecule has 1 heterocycles. The van der Waals surface area contributed by atoms with Crippen molar-refractivity contribution in [2.45, 2.75) is 12.4 Å². The number of halogens is 6.